The largest absolute Gasteiger partial charge is 0.307 e. The van der Waals surface area contributed by atoms with Crippen LogP contribution in [0.2, 0.25) is 0 Å². The first-order valence-electron chi connectivity index (χ1n) is 4.67. The second-order valence-corrected chi connectivity index (χ2v) is 5.29. The van der Waals surface area contributed by atoms with Crippen LogP contribution in [0.25, 0.3) is 0 Å². The molecular formula is C11H14IN. The lowest BCUT2D eigenvalue weighted by atomic mass is 10.2. The van der Waals surface area contributed by atoms with Crippen molar-refractivity contribution in [1.29, 1.82) is 0 Å². The lowest BCUT2D eigenvalue weighted by Crippen LogP contribution is -2.26. The van der Waals surface area contributed by atoms with Crippen LogP contribution in [0.4, 0.5) is 0 Å². The van der Waals surface area contributed by atoms with Crippen molar-refractivity contribution < 1.29 is 0 Å². The van der Waals surface area contributed by atoms with Crippen LogP contribution >= 0.6 is 22.6 Å². The van der Waals surface area contributed by atoms with Crippen molar-refractivity contribution in [2.75, 3.05) is 0 Å². The van der Waals surface area contributed by atoms with E-state index in [4.69, 9.17) is 0 Å². The Bertz CT molecular complexity index is 287. The van der Waals surface area contributed by atoms with Gasteiger partial charge in [-0.3, -0.25) is 0 Å². The highest BCUT2D eigenvalue weighted by Crippen LogP contribution is 2.34. The summed E-state index contributed by atoms with van der Waals surface area (Å²) in [6.45, 7) is 3.30. The minimum absolute atomic E-state index is 0.447. The van der Waals surface area contributed by atoms with Gasteiger partial charge in [0.2, 0.25) is 0 Å². The minimum atomic E-state index is 0.447. The molecule has 2 heteroatoms. The SMILES string of the molecule is CC1(NCc2ccc(I)cc2)CC1. The summed E-state index contributed by atoms with van der Waals surface area (Å²) in [4.78, 5) is 0. The third kappa shape index (κ3) is 2.68. The molecule has 0 aromatic heterocycles. The quantitative estimate of drug-likeness (QED) is 0.843. The summed E-state index contributed by atoms with van der Waals surface area (Å²) in [5.41, 5.74) is 1.83. The van der Waals surface area contributed by atoms with Gasteiger partial charge in [-0.1, -0.05) is 12.1 Å². The molecule has 0 aliphatic heterocycles. The second kappa shape index (κ2) is 3.58. The van der Waals surface area contributed by atoms with E-state index in [9.17, 15) is 0 Å². The van der Waals surface area contributed by atoms with Crippen LogP contribution < -0.4 is 5.32 Å². The van der Waals surface area contributed by atoms with Gasteiger partial charge in [0.1, 0.15) is 0 Å². The summed E-state index contributed by atoms with van der Waals surface area (Å²) >= 11 is 2.33. The normalized spacial score (nSPS) is 18.6. The molecular weight excluding hydrogens is 273 g/mol. The van der Waals surface area contributed by atoms with Gasteiger partial charge in [0.25, 0.3) is 0 Å². The van der Waals surface area contributed by atoms with Crippen LogP contribution in [-0.4, -0.2) is 5.54 Å². The van der Waals surface area contributed by atoms with Crippen molar-refractivity contribution in [1.82, 2.24) is 5.32 Å². The van der Waals surface area contributed by atoms with Gasteiger partial charge in [-0.2, -0.15) is 0 Å². The molecule has 0 unspecified atom stereocenters. The molecule has 1 aliphatic rings. The molecule has 13 heavy (non-hydrogen) atoms. The number of hydrogen-bond donors (Lipinski definition) is 1. The first-order valence-corrected chi connectivity index (χ1v) is 5.75. The monoisotopic (exact) mass is 287 g/mol. The van der Waals surface area contributed by atoms with Crippen LogP contribution in [0.1, 0.15) is 25.3 Å². The van der Waals surface area contributed by atoms with Crippen molar-refractivity contribution in [2.45, 2.75) is 31.8 Å². The number of hydrogen-bond acceptors (Lipinski definition) is 1. The Hall–Kier alpha value is -0.0900. The molecule has 1 aromatic rings. The Kier molecular flexibility index (Phi) is 2.60. The van der Waals surface area contributed by atoms with E-state index < -0.39 is 0 Å². The van der Waals surface area contributed by atoms with E-state index in [2.05, 4.69) is 59.1 Å². The fraction of sp³-hybridized carbons (Fsp3) is 0.455. The Morgan fingerprint density at radius 2 is 1.92 bits per heavy atom. The fourth-order valence-electron chi connectivity index (χ4n) is 1.28. The van der Waals surface area contributed by atoms with Crippen molar-refractivity contribution >= 4 is 22.6 Å². The van der Waals surface area contributed by atoms with Gasteiger partial charge in [0, 0.05) is 15.7 Å². The van der Waals surface area contributed by atoms with E-state index in [-0.39, 0.29) is 0 Å². The summed E-state index contributed by atoms with van der Waals surface area (Å²) in [7, 11) is 0. The van der Waals surface area contributed by atoms with Gasteiger partial charge in [0.05, 0.1) is 0 Å². The molecule has 2 rings (SSSR count). The van der Waals surface area contributed by atoms with E-state index in [0.29, 0.717) is 5.54 Å². The predicted molar refractivity (Wildman–Crippen MR) is 63.6 cm³/mol. The average molecular weight is 287 g/mol. The molecule has 1 aliphatic carbocycles. The molecule has 0 radical (unpaired) electrons. The van der Waals surface area contributed by atoms with Crippen molar-refractivity contribution in [2.24, 2.45) is 0 Å². The molecule has 1 aromatic carbocycles. The maximum atomic E-state index is 3.57. The fourth-order valence-corrected chi connectivity index (χ4v) is 1.64. The Morgan fingerprint density at radius 3 is 2.46 bits per heavy atom. The van der Waals surface area contributed by atoms with Crippen molar-refractivity contribution in [3.05, 3.63) is 33.4 Å². The first kappa shape index (κ1) is 9.46. The van der Waals surface area contributed by atoms with E-state index in [0.717, 1.165) is 6.54 Å². The lowest BCUT2D eigenvalue weighted by molar-refractivity contribution is 0.538. The smallest absolute Gasteiger partial charge is 0.0210 e. The van der Waals surface area contributed by atoms with E-state index in [1.54, 1.807) is 0 Å². The molecule has 1 fully saturated rings. The molecule has 1 N–H and O–H groups in total. The molecule has 0 amide bonds. The average Bonchev–Trinajstić information content (AvgIpc) is 2.84. The van der Waals surface area contributed by atoms with Crippen LogP contribution in [0.15, 0.2) is 24.3 Å². The number of nitrogens with one attached hydrogen (secondary N) is 1. The van der Waals surface area contributed by atoms with Gasteiger partial charge < -0.3 is 5.32 Å². The van der Waals surface area contributed by atoms with Crippen LogP contribution in [-0.2, 0) is 6.54 Å². The molecule has 0 atom stereocenters. The molecule has 1 saturated carbocycles. The molecule has 1 nitrogen and oxygen atoms in total. The van der Waals surface area contributed by atoms with E-state index >= 15 is 0 Å². The summed E-state index contributed by atoms with van der Waals surface area (Å²) in [6, 6.07) is 8.71. The maximum Gasteiger partial charge on any atom is 0.0210 e. The van der Waals surface area contributed by atoms with Crippen LogP contribution in [0.3, 0.4) is 0 Å². The highest BCUT2D eigenvalue weighted by atomic mass is 127. The molecule has 0 saturated heterocycles. The molecule has 70 valence electrons. The number of halogens is 1. The standard InChI is InChI=1S/C11H14IN/c1-11(6-7-11)13-8-9-2-4-10(12)5-3-9/h2-5,13H,6-8H2,1H3. The zero-order valence-corrected chi connectivity index (χ0v) is 9.97. The molecule has 0 spiro atoms. The van der Waals surface area contributed by atoms with E-state index in [1.165, 1.54) is 22.0 Å². The topological polar surface area (TPSA) is 12.0 Å². The molecule has 0 heterocycles. The minimum Gasteiger partial charge on any atom is -0.307 e. The highest BCUT2D eigenvalue weighted by Gasteiger charge is 2.36. The van der Waals surface area contributed by atoms with Gasteiger partial charge in [-0.05, 0) is 60.1 Å². The Labute approximate surface area is 93.1 Å². The van der Waals surface area contributed by atoms with Gasteiger partial charge in [0.15, 0.2) is 0 Å². The zero-order chi connectivity index (χ0) is 9.31. The molecule has 0 bridgehead atoms. The van der Waals surface area contributed by atoms with Gasteiger partial charge in [-0.25, -0.2) is 0 Å². The summed E-state index contributed by atoms with van der Waals surface area (Å²) in [5, 5.41) is 3.57. The van der Waals surface area contributed by atoms with Crippen LogP contribution in [0.5, 0.6) is 0 Å². The Balaban J connectivity index is 1.91. The van der Waals surface area contributed by atoms with Gasteiger partial charge >= 0.3 is 0 Å². The van der Waals surface area contributed by atoms with Crippen LogP contribution in [0, 0.1) is 3.57 Å². The first-order chi connectivity index (χ1) is 6.18. The number of benzene rings is 1. The second-order valence-electron chi connectivity index (χ2n) is 4.04. The summed E-state index contributed by atoms with van der Waals surface area (Å²) in [6.07, 6.45) is 2.66. The van der Waals surface area contributed by atoms with E-state index in [1.807, 2.05) is 0 Å². The predicted octanol–water partition coefficient (Wildman–Crippen LogP) is 2.93. The maximum absolute atomic E-state index is 3.57. The van der Waals surface area contributed by atoms with Gasteiger partial charge in [-0.15, -0.1) is 0 Å². The third-order valence-electron chi connectivity index (χ3n) is 2.63. The van der Waals surface area contributed by atoms with Crippen molar-refractivity contribution in [3.63, 3.8) is 0 Å². The van der Waals surface area contributed by atoms with Crippen molar-refractivity contribution in [3.8, 4) is 0 Å². The zero-order valence-electron chi connectivity index (χ0n) is 7.81. The lowest BCUT2D eigenvalue weighted by Gasteiger charge is -2.10. The third-order valence-corrected chi connectivity index (χ3v) is 3.35. The summed E-state index contributed by atoms with van der Waals surface area (Å²) < 4.78 is 1.30. The Morgan fingerprint density at radius 1 is 1.31 bits per heavy atom. The summed E-state index contributed by atoms with van der Waals surface area (Å²) in [5.74, 6) is 0. The number of rotatable bonds is 3. The highest BCUT2D eigenvalue weighted by molar-refractivity contribution is 14.1.